The second-order valence-corrected chi connectivity index (χ2v) is 13.3. The van der Waals surface area contributed by atoms with Crippen molar-refractivity contribution in [1.29, 1.82) is 0 Å². The predicted molar refractivity (Wildman–Crippen MR) is 220 cm³/mol. The highest BCUT2D eigenvalue weighted by Gasteiger charge is 2.22. The molecule has 1 heterocycles. The monoisotopic (exact) mass is 663 g/mol. The van der Waals surface area contributed by atoms with Crippen LogP contribution in [0.15, 0.2) is 205 Å². The van der Waals surface area contributed by atoms with Crippen LogP contribution < -0.4 is 4.90 Å². The Morgan fingerprint density at radius 3 is 1.62 bits per heavy atom. The van der Waals surface area contributed by atoms with Crippen LogP contribution in [-0.4, -0.2) is 0 Å². The zero-order chi connectivity index (χ0) is 34.4. The van der Waals surface area contributed by atoms with E-state index in [1.54, 1.807) is 0 Å². The lowest BCUT2D eigenvalue weighted by atomic mass is 9.93. The largest absolute Gasteiger partial charge is 0.454 e. The minimum Gasteiger partial charge on any atom is -0.454 e. The van der Waals surface area contributed by atoms with Crippen LogP contribution in [-0.2, 0) is 0 Å². The van der Waals surface area contributed by atoms with Crippen LogP contribution in [0.5, 0.6) is 0 Å². The summed E-state index contributed by atoms with van der Waals surface area (Å²) in [6, 6.07) is 71.6. The molecular formula is C50H33NO. The standard InChI is InChI=1S/C50H33NO/c1-2-13-36(14-3-1)40-16-6-7-17-41(40)37-27-25-34(26-28-37)35-29-31-39(32-30-35)51(47-23-12-22-46-45-21-10-11-24-49(45)52-50(46)47)48-33-38-15-4-5-18-42(38)43-19-8-9-20-44(43)48/h1-33H. The van der Waals surface area contributed by atoms with E-state index in [0.717, 1.165) is 44.6 Å². The molecular weight excluding hydrogens is 631 g/mol. The van der Waals surface area contributed by atoms with Gasteiger partial charge < -0.3 is 9.32 Å². The SMILES string of the molecule is c1ccc(-c2ccccc2-c2ccc(-c3ccc(N(c4cc5ccccc5c5ccccc45)c4cccc5c4oc4ccccc45)cc3)cc2)cc1. The Morgan fingerprint density at radius 2 is 0.865 bits per heavy atom. The van der Waals surface area contributed by atoms with Gasteiger partial charge in [-0.2, -0.15) is 0 Å². The maximum absolute atomic E-state index is 6.64. The maximum atomic E-state index is 6.64. The Bertz CT molecular complexity index is 2890. The van der Waals surface area contributed by atoms with Gasteiger partial charge in [-0.3, -0.25) is 0 Å². The summed E-state index contributed by atoms with van der Waals surface area (Å²) in [5.41, 5.74) is 12.2. The highest BCUT2D eigenvalue weighted by molar-refractivity contribution is 6.16. The van der Waals surface area contributed by atoms with Crippen molar-refractivity contribution in [3.05, 3.63) is 200 Å². The van der Waals surface area contributed by atoms with Crippen LogP contribution in [0.3, 0.4) is 0 Å². The number of anilines is 3. The zero-order valence-electron chi connectivity index (χ0n) is 28.4. The molecule has 0 saturated carbocycles. The Labute approximate surface area is 302 Å². The van der Waals surface area contributed by atoms with E-state index < -0.39 is 0 Å². The molecule has 0 saturated heterocycles. The molecule has 9 aromatic carbocycles. The van der Waals surface area contributed by atoms with Crippen molar-refractivity contribution in [1.82, 2.24) is 0 Å². The zero-order valence-corrected chi connectivity index (χ0v) is 28.4. The number of nitrogens with zero attached hydrogens (tertiary/aromatic N) is 1. The molecule has 10 aromatic rings. The summed E-state index contributed by atoms with van der Waals surface area (Å²) in [4.78, 5) is 2.37. The van der Waals surface area contributed by atoms with Crippen LogP contribution >= 0.6 is 0 Å². The number of rotatable bonds is 6. The molecule has 2 nitrogen and oxygen atoms in total. The van der Waals surface area contributed by atoms with E-state index in [4.69, 9.17) is 4.42 Å². The van der Waals surface area contributed by atoms with Crippen molar-refractivity contribution in [2.75, 3.05) is 4.90 Å². The minimum atomic E-state index is 0.872. The molecule has 0 unspecified atom stereocenters. The van der Waals surface area contributed by atoms with Gasteiger partial charge in [0.1, 0.15) is 5.58 Å². The smallest absolute Gasteiger partial charge is 0.159 e. The van der Waals surface area contributed by atoms with E-state index in [-0.39, 0.29) is 0 Å². The fourth-order valence-electron chi connectivity index (χ4n) is 7.79. The van der Waals surface area contributed by atoms with E-state index >= 15 is 0 Å². The van der Waals surface area contributed by atoms with Gasteiger partial charge >= 0.3 is 0 Å². The molecule has 244 valence electrons. The molecule has 0 aliphatic rings. The van der Waals surface area contributed by atoms with Gasteiger partial charge in [-0.25, -0.2) is 0 Å². The summed E-state index contributed by atoms with van der Waals surface area (Å²) in [5, 5.41) is 7.08. The summed E-state index contributed by atoms with van der Waals surface area (Å²) in [5.74, 6) is 0. The summed E-state index contributed by atoms with van der Waals surface area (Å²) in [7, 11) is 0. The average molecular weight is 664 g/mol. The summed E-state index contributed by atoms with van der Waals surface area (Å²) < 4.78 is 6.64. The second-order valence-electron chi connectivity index (χ2n) is 13.3. The third-order valence-electron chi connectivity index (χ3n) is 10.3. The number of furan rings is 1. The van der Waals surface area contributed by atoms with Gasteiger partial charge in [0.05, 0.1) is 11.4 Å². The molecule has 1 aromatic heterocycles. The Morgan fingerprint density at radius 1 is 0.327 bits per heavy atom. The van der Waals surface area contributed by atoms with Crippen LogP contribution in [0.2, 0.25) is 0 Å². The lowest BCUT2D eigenvalue weighted by molar-refractivity contribution is 0.669. The van der Waals surface area contributed by atoms with Crippen molar-refractivity contribution < 1.29 is 4.42 Å². The van der Waals surface area contributed by atoms with E-state index in [9.17, 15) is 0 Å². The molecule has 0 amide bonds. The number of benzene rings is 9. The quantitative estimate of drug-likeness (QED) is 0.165. The molecule has 0 aliphatic heterocycles. The fraction of sp³-hybridized carbons (Fsp3) is 0. The first-order valence-electron chi connectivity index (χ1n) is 17.8. The number of hydrogen-bond acceptors (Lipinski definition) is 2. The van der Waals surface area contributed by atoms with E-state index in [0.29, 0.717) is 0 Å². The topological polar surface area (TPSA) is 16.4 Å². The van der Waals surface area contributed by atoms with Crippen LogP contribution in [0.25, 0.3) is 76.9 Å². The Balaban J connectivity index is 1.10. The lowest BCUT2D eigenvalue weighted by Gasteiger charge is -2.27. The van der Waals surface area contributed by atoms with E-state index in [2.05, 4.69) is 199 Å². The molecule has 0 spiro atoms. The van der Waals surface area contributed by atoms with Gasteiger partial charge in [-0.15, -0.1) is 0 Å². The maximum Gasteiger partial charge on any atom is 0.159 e. The molecule has 2 heteroatoms. The van der Waals surface area contributed by atoms with Crippen LogP contribution in [0, 0.1) is 0 Å². The van der Waals surface area contributed by atoms with Crippen molar-refractivity contribution in [3.63, 3.8) is 0 Å². The van der Waals surface area contributed by atoms with Crippen LogP contribution in [0.4, 0.5) is 17.1 Å². The van der Waals surface area contributed by atoms with Crippen molar-refractivity contribution >= 4 is 60.5 Å². The van der Waals surface area contributed by atoms with Gasteiger partial charge in [0, 0.05) is 21.8 Å². The highest BCUT2D eigenvalue weighted by Crippen LogP contribution is 2.46. The number of fused-ring (bicyclic) bond motifs is 6. The first-order valence-corrected chi connectivity index (χ1v) is 17.8. The van der Waals surface area contributed by atoms with Gasteiger partial charge in [0.25, 0.3) is 0 Å². The van der Waals surface area contributed by atoms with Gasteiger partial charge in [0.15, 0.2) is 5.58 Å². The lowest BCUT2D eigenvalue weighted by Crippen LogP contribution is -2.11. The second kappa shape index (κ2) is 12.5. The van der Waals surface area contributed by atoms with E-state index in [1.807, 2.05) is 6.07 Å². The predicted octanol–water partition coefficient (Wildman–Crippen LogP) is 14.4. The van der Waals surface area contributed by atoms with E-state index in [1.165, 1.54) is 49.4 Å². The average Bonchev–Trinajstić information content (AvgIpc) is 3.61. The first kappa shape index (κ1) is 30.0. The van der Waals surface area contributed by atoms with Crippen molar-refractivity contribution in [2.45, 2.75) is 0 Å². The molecule has 0 N–H and O–H groups in total. The Kier molecular flexibility index (Phi) is 7.18. The molecule has 52 heavy (non-hydrogen) atoms. The minimum absolute atomic E-state index is 0.872. The van der Waals surface area contributed by atoms with Crippen LogP contribution in [0.1, 0.15) is 0 Å². The fourth-order valence-corrected chi connectivity index (χ4v) is 7.79. The summed E-state index contributed by atoms with van der Waals surface area (Å²) in [6.07, 6.45) is 0. The Hall–Kier alpha value is -6.90. The normalized spacial score (nSPS) is 11.5. The molecule has 10 rings (SSSR count). The number of hydrogen-bond donors (Lipinski definition) is 0. The molecule has 0 radical (unpaired) electrons. The van der Waals surface area contributed by atoms with Crippen molar-refractivity contribution in [2.24, 2.45) is 0 Å². The molecule has 0 aliphatic carbocycles. The number of para-hydroxylation sites is 2. The summed E-state index contributed by atoms with van der Waals surface area (Å²) >= 11 is 0. The molecule has 0 bridgehead atoms. The first-order chi connectivity index (χ1) is 25.8. The summed E-state index contributed by atoms with van der Waals surface area (Å²) in [6.45, 7) is 0. The third-order valence-corrected chi connectivity index (χ3v) is 10.3. The molecule has 0 fully saturated rings. The molecule has 0 atom stereocenters. The van der Waals surface area contributed by atoms with Gasteiger partial charge in [-0.1, -0.05) is 170 Å². The highest BCUT2D eigenvalue weighted by atomic mass is 16.3. The van der Waals surface area contributed by atoms with Gasteiger partial charge in [-0.05, 0) is 79.9 Å². The third kappa shape index (κ3) is 5.04. The van der Waals surface area contributed by atoms with Gasteiger partial charge in [0.2, 0.25) is 0 Å². The van der Waals surface area contributed by atoms with Crippen molar-refractivity contribution in [3.8, 4) is 33.4 Å².